The Morgan fingerprint density at radius 2 is 1.86 bits per heavy atom. The van der Waals surface area contributed by atoms with E-state index in [1.165, 1.54) is 18.2 Å². The van der Waals surface area contributed by atoms with Crippen LogP contribution in [0, 0.1) is 23.0 Å². The van der Waals surface area contributed by atoms with Crippen molar-refractivity contribution in [1.29, 1.82) is 5.26 Å². The molecular weight excluding hydrogens is 348 g/mol. The second kappa shape index (κ2) is 5.89. The minimum absolute atomic E-state index is 0.202. The van der Waals surface area contributed by atoms with E-state index in [4.69, 9.17) is 15.1 Å². The summed E-state index contributed by atoms with van der Waals surface area (Å²) in [6, 6.07) is 7.20. The van der Waals surface area contributed by atoms with Crippen molar-refractivity contribution in [3.8, 4) is 17.6 Å². The van der Waals surface area contributed by atoms with Crippen molar-refractivity contribution in [1.82, 2.24) is 0 Å². The first-order valence-electron chi connectivity index (χ1n) is 5.52. The maximum absolute atomic E-state index is 13.7. The summed E-state index contributed by atoms with van der Waals surface area (Å²) in [5, 5.41) is 17.7. The topological polar surface area (TPSA) is 70.3 Å². The van der Waals surface area contributed by atoms with E-state index in [1.54, 1.807) is 6.07 Å². The molecule has 106 valence electrons. The molecule has 7 heteroatoms. The fourth-order valence-electron chi connectivity index (χ4n) is 1.59. The van der Waals surface area contributed by atoms with Crippen LogP contribution in [0.5, 0.6) is 11.5 Å². The maximum atomic E-state index is 13.7. The Kier molecular flexibility index (Phi) is 4.19. The lowest BCUT2D eigenvalue weighted by atomic mass is 10.2. The van der Waals surface area contributed by atoms with Gasteiger partial charge in [-0.2, -0.15) is 5.26 Å². The Labute approximate surface area is 126 Å². The highest BCUT2D eigenvalue weighted by Gasteiger charge is 2.18. The van der Waals surface area contributed by atoms with Gasteiger partial charge in [-0.25, -0.2) is 13.6 Å². The van der Waals surface area contributed by atoms with Gasteiger partial charge in [-0.05, 0) is 30.3 Å². The number of carboxylic acids is 1. The van der Waals surface area contributed by atoms with Crippen LogP contribution in [0.3, 0.4) is 0 Å². The molecule has 0 unspecified atom stereocenters. The van der Waals surface area contributed by atoms with Crippen molar-refractivity contribution < 1.29 is 23.4 Å². The van der Waals surface area contributed by atoms with Gasteiger partial charge in [0, 0.05) is 4.47 Å². The lowest BCUT2D eigenvalue weighted by molar-refractivity contribution is 0.0694. The normalized spacial score (nSPS) is 10.0. The molecule has 0 amide bonds. The Morgan fingerprint density at radius 3 is 2.38 bits per heavy atom. The minimum Gasteiger partial charge on any atom is -0.478 e. The van der Waals surface area contributed by atoms with Crippen LogP contribution in [0.25, 0.3) is 0 Å². The number of rotatable bonds is 3. The van der Waals surface area contributed by atoms with Crippen molar-refractivity contribution in [3.05, 3.63) is 57.6 Å². The molecule has 0 aliphatic carbocycles. The lowest BCUT2D eigenvalue weighted by Gasteiger charge is -2.11. The molecule has 2 aromatic carbocycles. The van der Waals surface area contributed by atoms with Crippen molar-refractivity contribution in [2.45, 2.75) is 0 Å². The molecule has 2 aromatic rings. The molecule has 1 N–H and O–H groups in total. The van der Waals surface area contributed by atoms with Gasteiger partial charge in [0.15, 0.2) is 17.4 Å². The summed E-state index contributed by atoms with van der Waals surface area (Å²) in [6.45, 7) is 0. The van der Waals surface area contributed by atoms with Crippen LogP contribution in [0.1, 0.15) is 15.9 Å². The molecule has 0 aromatic heterocycles. The number of nitrogens with zero attached hydrogens (tertiary/aromatic N) is 1. The van der Waals surface area contributed by atoms with E-state index < -0.39 is 23.4 Å². The van der Waals surface area contributed by atoms with Gasteiger partial charge in [0.1, 0.15) is 11.3 Å². The second-order valence-electron chi connectivity index (χ2n) is 3.93. The predicted molar refractivity (Wildman–Crippen MR) is 72.2 cm³/mol. The summed E-state index contributed by atoms with van der Waals surface area (Å²) in [4.78, 5) is 11.1. The van der Waals surface area contributed by atoms with Crippen LogP contribution in [-0.2, 0) is 0 Å². The third-order valence-electron chi connectivity index (χ3n) is 2.51. The molecule has 0 radical (unpaired) electrons. The molecule has 21 heavy (non-hydrogen) atoms. The minimum atomic E-state index is -1.30. The van der Waals surface area contributed by atoms with Crippen molar-refractivity contribution in [3.63, 3.8) is 0 Å². The third kappa shape index (κ3) is 3.17. The number of aromatic carboxylic acids is 1. The van der Waals surface area contributed by atoms with Gasteiger partial charge in [-0.15, -0.1) is 0 Å². The quantitative estimate of drug-likeness (QED) is 0.901. The summed E-state index contributed by atoms with van der Waals surface area (Å²) in [5.74, 6) is -4.47. The molecule has 0 saturated heterocycles. The lowest BCUT2D eigenvalue weighted by Crippen LogP contribution is -2.02. The highest BCUT2D eigenvalue weighted by Crippen LogP contribution is 2.32. The highest BCUT2D eigenvalue weighted by molar-refractivity contribution is 9.10. The largest absolute Gasteiger partial charge is 0.478 e. The molecular formula is C14H6BrF2NO3. The average Bonchev–Trinajstić information content (AvgIpc) is 2.43. The zero-order chi connectivity index (χ0) is 15.6. The number of carbonyl (C=O) groups is 1. The van der Waals surface area contributed by atoms with E-state index in [-0.39, 0.29) is 16.9 Å². The van der Waals surface area contributed by atoms with E-state index in [0.29, 0.717) is 4.47 Å². The third-order valence-corrected chi connectivity index (χ3v) is 3.00. The monoisotopic (exact) mass is 353 g/mol. The van der Waals surface area contributed by atoms with Gasteiger partial charge in [0.05, 0.1) is 11.6 Å². The SMILES string of the molecule is N#Cc1cc(F)c(Oc2ccc(Br)cc2C(=O)O)c(F)c1. The maximum Gasteiger partial charge on any atom is 0.339 e. The first kappa shape index (κ1) is 14.9. The van der Waals surface area contributed by atoms with E-state index in [1.807, 2.05) is 0 Å². The Morgan fingerprint density at radius 1 is 1.24 bits per heavy atom. The summed E-state index contributed by atoms with van der Waals surface area (Å²) < 4.78 is 33.0. The van der Waals surface area contributed by atoms with Gasteiger partial charge in [0.25, 0.3) is 0 Å². The summed E-state index contributed by atoms with van der Waals surface area (Å²) in [5.41, 5.74) is -0.459. The molecule has 0 atom stereocenters. The Bertz CT molecular complexity index is 748. The average molecular weight is 354 g/mol. The number of benzene rings is 2. The fourth-order valence-corrected chi connectivity index (χ4v) is 1.95. The number of halogens is 3. The molecule has 0 fully saturated rings. The molecule has 0 spiro atoms. The first-order chi connectivity index (χ1) is 9.92. The number of hydrogen-bond acceptors (Lipinski definition) is 3. The molecule has 0 aliphatic heterocycles. The summed E-state index contributed by atoms with van der Waals surface area (Å²) >= 11 is 3.09. The summed E-state index contributed by atoms with van der Waals surface area (Å²) in [6.07, 6.45) is 0. The van der Waals surface area contributed by atoms with E-state index in [9.17, 15) is 13.6 Å². The zero-order valence-electron chi connectivity index (χ0n) is 10.2. The van der Waals surface area contributed by atoms with Gasteiger partial charge >= 0.3 is 5.97 Å². The van der Waals surface area contributed by atoms with Gasteiger partial charge in [0.2, 0.25) is 0 Å². The van der Waals surface area contributed by atoms with E-state index in [0.717, 1.165) is 12.1 Å². The molecule has 0 aliphatic rings. The van der Waals surface area contributed by atoms with Crippen molar-refractivity contribution >= 4 is 21.9 Å². The molecule has 0 heterocycles. The Hall–Kier alpha value is -2.46. The van der Waals surface area contributed by atoms with Crippen LogP contribution in [0.15, 0.2) is 34.8 Å². The Balaban J connectivity index is 2.49. The van der Waals surface area contributed by atoms with Crippen LogP contribution >= 0.6 is 15.9 Å². The van der Waals surface area contributed by atoms with Gasteiger partial charge in [-0.1, -0.05) is 15.9 Å². The molecule has 0 saturated carbocycles. The van der Waals surface area contributed by atoms with Crippen LogP contribution < -0.4 is 4.74 Å². The van der Waals surface area contributed by atoms with Gasteiger partial charge in [-0.3, -0.25) is 0 Å². The van der Waals surface area contributed by atoms with Crippen LogP contribution in [0.2, 0.25) is 0 Å². The van der Waals surface area contributed by atoms with Crippen LogP contribution in [-0.4, -0.2) is 11.1 Å². The fraction of sp³-hybridized carbons (Fsp3) is 0. The summed E-state index contributed by atoms with van der Waals surface area (Å²) in [7, 11) is 0. The highest BCUT2D eigenvalue weighted by atomic mass is 79.9. The van der Waals surface area contributed by atoms with E-state index in [2.05, 4.69) is 15.9 Å². The van der Waals surface area contributed by atoms with Crippen molar-refractivity contribution in [2.75, 3.05) is 0 Å². The zero-order valence-corrected chi connectivity index (χ0v) is 11.8. The molecule has 2 rings (SSSR count). The number of carboxylic acid groups (broad SMARTS) is 1. The number of nitriles is 1. The van der Waals surface area contributed by atoms with E-state index >= 15 is 0 Å². The number of hydrogen-bond donors (Lipinski definition) is 1. The standard InChI is InChI=1S/C14H6BrF2NO3/c15-8-1-2-12(9(5-8)14(19)20)21-13-10(16)3-7(6-18)4-11(13)17/h1-5H,(H,19,20). The van der Waals surface area contributed by atoms with Crippen molar-refractivity contribution in [2.24, 2.45) is 0 Å². The van der Waals surface area contributed by atoms with Crippen LogP contribution in [0.4, 0.5) is 8.78 Å². The number of ether oxygens (including phenoxy) is 1. The first-order valence-corrected chi connectivity index (χ1v) is 6.31. The second-order valence-corrected chi connectivity index (χ2v) is 4.84. The molecule has 4 nitrogen and oxygen atoms in total. The van der Waals surface area contributed by atoms with Gasteiger partial charge < -0.3 is 9.84 Å². The smallest absolute Gasteiger partial charge is 0.339 e. The predicted octanol–water partition coefficient (Wildman–Crippen LogP) is 4.09. The molecule has 0 bridgehead atoms.